The molecule has 9 heteroatoms. The van der Waals surface area contributed by atoms with Crippen molar-refractivity contribution < 1.29 is 9.85 Å². The SMILES string of the molecule is Cn1nc(Br)c2cc([N+](=O)[O-])c([N+](=O)[O-])cc21. The molecule has 0 aliphatic heterocycles. The first-order valence-corrected chi connectivity index (χ1v) is 5.16. The number of aryl methyl sites for hydroxylation is 1. The molecule has 1 aromatic carbocycles. The van der Waals surface area contributed by atoms with Crippen molar-refractivity contribution in [3.05, 3.63) is 37.0 Å². The second-order valence-corrected chi connectivity index (χ2v) is 4.04. The normalized spacial score (nSPS) is 10.7. The molecule has 0 saturated carbocycles. The van der Waals surface area contributed by atoms with E-state index >= 15 is 0 Å². The number of aromatic nitrogens is 2. The zero-order valence-corrected chi connectivity index (χ0v) is 10.0. The molecule has 0 atom stereocenters. The molecule has 0 spiro atoms. The summed E-state index contributed by atoms with van der Waals surface area (Å²) < 4.78 is 1.82. The standard InChI is InChI=1S/C8H5BrN4O4/c1-11-5-3-7(13(16)17)6(12(14)15)2-4(5)8(9)10-11/h2-3H,1H3. The van der Waals surface area contributed by atoms with Crippen LogP contribution in [0.5, 0.6) is 0 Å². The molecular formula is C8H5BrN4O4. The van der Waals surface area contributed by atoms with Crippen LogP contribution in [0.25, 0.3) is 10.9 Å². The van der Waals surface area contributed by atoms with Crippen molar-refractivity contribution in [2.75, 3.05) is 0 Å². The number of hydrogen-bond acceptors (Lipinski definition) is 5. The smallest absolute Gasteiger partial charge is 0.267 e. The Morgan fingerprint density at radius 2 is 1.76 bits per heavy atom. The Hall–Kier alpha value is -2.03. The Balaban J connectivity index is 2.88. The van der Waals surface area contributed by atoms with Gasteiger partial charge in [0.25, 0.3) is 0 Å². The maximum atomic E-state index is 10.7. The summed E-state index contributed by atoms with van der Waals surface area (Å²) in [6.45, 7) is 0. The Kier molecular flexibility index (Phi) is 2.54. The van der Waals surface area contributed by atoms with Crippen LogP contribution in [0.4, 0.5) is 11.4 Å². The summed E-state index contributed by atoms with van der Waals surface area (Å²) in [5.74, 6) is 0. The van der Waals surface area contributed by atoms with E-state index in [-0.39, 0.29) is 0 Å². The molecule has 2 aromatic rings. The van der Waals surface area contributed by atoms with Crippen molar-refractivity contribution in [3.8, 4) is 0 Å². The van der Waals surface area contributed by atoms with E-state index in [1.54, 1.807) is 7.05 Å². The van der Waals surface area contributed by atoms with Gasteiger partial charge in [-0.15, -0.1) is 0 Å². The summed E-state index contributed by atoms with van der Waals surface area (Å²) in [4.78, 5) is 19.9. The lowest BCUT2D eigenvalue weighted by molar-refractivity contribution is -0.422. The molecule has 0 fully saturated rings. The molecule has 2 rings (SSSR count). The molecule has 0 amide bonds. The van der Waals surface area contributed by atoms with Gasteiger partial charge in [0.1, 0.15) is 4.60 Å². The molecule has 17 heavy (non-hydrogen) atoms. The van der Waals surface area contributed by atoms with Crippen molar-refractivity contribution in [3.63, 3.8) is 0 Å². The van der Waals surface area contributed by atoms with Crippen molar-refractivity contribution in [1.29, 1.82) is 0 Å². The van der Waals surface area contributed by atoms with E-state index in [4.69, 9.17) is 0 Å². The third-order valence-corrected chi connectivity index (χ3v) is 2.88. The average Bonchev–Trinajstić information content (AvgIpc) is 2.52. The van der Waals surface area contributed by atoms with Crippen LogP contribution in [0.1, 0.15) is 0 Å². The lowest BCUT2D eigenvalue weighted by atomic mass is 10.2. The lowest BCUT2D eigenvalue weighted by Gasteiger charge is -1.96. The number of nitro benzene ring substituents is 2. The van der Waals surface area contributed by atoms with Crippen molar-refractivity contribution in [1.82, 2.24) is 9.78 Å². The molecule has 88 valence electrons. The summed E-state index contributed by atoms with van der Waals surface area (Å²) in [7, 11) is 1.60. The molecule has 0 radical (unpaired) electrons. The van der Waals surface area contributed by atoms with Gasteiger partial charge in [-0.05, 0) is 15.9 Å². The van der Waals surface area contributed by atoms with Gasteiger partial charge in [-0.2, -0.15) is 5.10 Å². The minimum atomic E-state index is -0.781. The van der Waals surface area contributed by atoms with Gasteiger partial charge in [-0.1, -0.05) is 0 Å². The topological polar surface area (TPSA) is 104 Å². The molecule has 0 saturated heterocycles. The molecule has 0 aliphatic carbocycles. The first-order chi connectivity index (χ1) is 7.91. The van der Waals surface area contributed by atoms with Crippen molar-refractivity contribution in [2.45, 2.75) is 0 Å². The predicted molar refractivity (Wildman–Crippen MR) is 61.7 cm³/mol. The van der Waals surface area contributed by atoms with Crippen LogP contribution in [0.15, 0.2) is 16.7 Å². The maximum Gasteiger partial charge on any atom is 0.348 e. The molecule has 1 aromatic heterocycles. The van der Waals surface area contributed by atoms with Gasteiger partial charge in [-0.3, -0.25) is 24.9 Å². The molecule has 0 bridgehead atoms. The van der Waals surface area contributed by atoms with E-state index in [1.807, 2.05) is 0 Å². The summed E-state index contributed by atoms with van der Waals surface area (Å²) in [6, 6.07) is 2.29. The van der Waals surface area contributed by atoms with E-state index in [0.717, 1.165) is 12.1 Å². The predicted octanol–water partition coefficient (Wildman–Crippen LogP) is 2.15. The van der Waals surface area contributed by atoms with Gasteiger partial charge < -0.3 is 0 Å². The van der Waals surface area contributed by atoms with E-state index in [9.17, 15) is 20.2 Å². The largest absolute Gasteiger partial charge is 0.348 e. The molecule has 0 aliphatic rings. The minimum Gasteiger partial charge on any atom is -0.267 e. The second-order valence-electron chi connectivity index (χ2n) is 3.29. The van der Waals surface area contributed by atoms with E-state index in [2.05, 4.69) is 21.0 Å². The van der Waals surface area contributed by atoms with Gasteiger partial charge in [0, 0.05) is 24.6 Å². The number of fused-ring (bicyclic) bond motifs is 1. The third kappa shape index (κ3) is 1.73. The number of hydrogen-bond donors (Lipinski definition) is 0. The Morgan fingerprint density at radius 3 is 2.29 bits per heavy atom. The van der Waals surface area contributed by atoms with Crippen LogP contribution in [0.3, 0.4) is 0 Å². The zero-order valence-electron chi connectivity index (χ0n) is 8.45. The first kappa shape index (κ1) is 11.5. The molecule has 0 unspecified atom stereocenters. The van der Waals surface area contributed by atoms with Crippen LogP contribution in [-0.2, 0) is 7.05 Å². The van der Waals surface area contributed by atoms with E-state index < -0.39 is 21.2 Å². The summed E-state index contributed by atoms with van der Waals surface area (Å²) in [5, 5.41) is 25.9. The highest BCUT2D eigenvalue weighted by Crippen LogP contribution is 2.34. The Labute approximate surface area is 102 Å². The third-order valence-electron chi connectivity index (χ3n) is 2.29. The van der Waals surface area contributed by atoms with Crippen molar-refractivity contribution in [2.24, 2.45) is 7.05 Å². The summed E-state index contributed by atoms with van der Waals surface area (Å²) in [5.41, 5.74) is -0.636. The van der Waals surface area contributed by atoms with Gasteiger partial charge in [0.15, 0.2) is 0 Å². The minimum absolute atomic E-state index is 0.410. The second kappa shape index (κ2) is 3.77. The van der Waals surface area contributed by atoms with Gasteiger partial charge >= 0.3 is 11.4 Å². The van der Waals surface area contributed by atoms with Crippen LogP contribution in [0.2, 0.25) is 0 Å². The molecular weight excluding hydrogens is 296 g/mol. The fraction of sp³-hybridized carbons (Fsp3) is 0.125. The highest BCUT2D eigenvalue weighted by atomic mass is 79.9. The van der Waals surface area contributed by atoms with Crippen LogP contribution in [-0.4, -0.2) is 19.6 Å². The fourth-order valence-electron chi connectivity index (χ4n) is 1.53. The molecule has 1 heterocycles. The quantitative estimate of drug-likeness (QED) is 0.624. The van der Waals surface area contributed by atoms with Crippen molar-refractivity contribution >= 4 is 38.2 Å². The number of halogens is 1. The number of benzene rings is 1. The highest BCUT2D eigenvalue weighted by molar-refractivity contribution is 9.10. The molecule has 8 nitrogen and oxygen atoms in total. The number of nitro groups is 2. The maximum absolute atomic E-state index is 10.7. The monoisotopic (exact) mass is 300 g/mol. The van der Waals surface area contributed by atoms with Gasteiger partial charge in [0.2, 0.25) is 0 Å². The van der Waals surface area contributed by atoms with Gasteiger partial charge in [-0.25, -0.2) is 0 Å². The van der Waals surface area contributed by atoms with Crippen LogP contribution in [0, 0.1) is 20.2 Å². The average molecular weight is 301 g/mol. The Morgan fingerprint density at radius 1 is 1.24 bits per heavy atom. The lowest BCUT2D eigenvalue weighted by Crippen LogP contribution is -1.97. The van der Waals surface area contributed by atoms with Crippen LogP contribution < -0.4 is 0 Å². The first-order valence-electron chi connectivity index (χ1n) is 4.37. The number of nitrogens with zero attached hydrogens (tertiary/aromatic N) is 4. The van der Waals surface area contributed by atoms with Crippen LogP contribution >= 0.6 is 15.9 Å². The Bertz CT molecular complexity index is 597. The molecule has 0 N–H and O–H groups in total. The van der Waals surface area contributed by atoms with E-state index in [0.29, 0.717) is 15.5 Å². The summed E-state index contributed by atoms with van der Waals surface area (Å²) >= 11 is 3.14. The van der Waals surface area contributed by atoms with E-state index in [1.165, 1.54) is 4.68 Å². The highest BCUT2D eigenvalue weighted by Gasteiger charge is 2.26. The summed E-state index contributed by atoms with van der Waals surface area (Å²) in [6.07, 6.45) is 0. The fourth-order valence-corrected chi connectivity index (χ4v) is 2.09. The van der Waals surface area contributed by atoms with Gasteiger partial charge in [0.05, 0.1) is 15.4 Å². The number of rotatable bonds is 2. The zero-order chi connectivity index (χ0) is 12.7.